The Bertz CT molecular complexity index is 315. The zero-order chi connectivity index (χ0) is 10.7. The highest BCUT2D eigenvalue weighted by Gasteiger charge is 2.22. The number of hydrogen-bond donors (Lipinski definition) is 2. The van der Waals surface area contributed by atoms with Crippen LogP contribution in [0.1, 0.15) is 6.42 Å². The van der Waals surface area contributed by atoms with Gasteiger partial charge in [-0.3, -0.25) is 0 Å². The highest BCUT2D eigenvalue weighted by Crippen LogP contribution is 2.15. The van der Waals surface area contributed by atoms with Gasteiger partial charge in [0.15, 0.2) is 0 Å². The lowest BCUT2D eigenvalue weighted by Gasteiger charge is -2.29. The van der Waals surface area contributed by atoms with Crippen molar-refractivity contribution in [2.45, 2.75) is 18.6 Å². The third-order valence-electron chi connectivity index (χ3n) is 2.58. The smallest absolute Gasteiger partial charge is 0.126 e. The van der Waals surface area contributed by atoms with Gasteiger partial charge in [0, 0.05) is 12.6 Å². The molecule has 2 unspecified atom stereocenters. The number of halogens is 1. The Morgan fingerprint density at radius 2 is 2.07 bits per heavy atom. The van der Waals surface area contributed by atoms with E-state index in [0.717, 1.165) is 19.5 Å². The van der Waals surface area contributed by atoms with Crippen LogP contribution in [0.3, 0.4) is 0 Å². The molecule has 1 fully saturated rings. The SMILES string of the molecule is NC1CCNCC1Oc1ccc(F)cc1. The Morgan fingerprint density at radius 1 is 1.33 bits per heavy atom. The molecular formula is C11H15FN2O. The maximum atomic E-state index is 12.6. The van der Waals surface area contributed by atoms with Crippen LogP contribution in [0.5, 0.6) is 5.75 Å². The van der Waals surface area contributed by atoms with E-state index in [2.05, 4.69) is 5.32 Å². The molecule has 15 heavy (non-hydrogen) atoms. The number of ether oxygens (including phenoxy) is 1. The number of rotatable bonds is 2. The number of nitrogens with two attached hydrogens (primary N) is 1. The predicted molar refractivity (Wildman–Crippen MR) is 56.3 cm³/mol. The molecule has 1 heterocycles. The first-order valence-corrected chi connectivity index (χ1v) is 5.14. The minimum absolute atomic E-state index is 0.0239. The van der Waals surface area contributed by atoms with Crippen molar-refractivity contribution in [3.05, 3.63) is 30.1 Å². The van der Waals surface area contributed by atoms with Gasteiger partial charge in [-0.1, -0.05) is 0 Å². The molecule has 0 amide bonds. The average Bonchev–Trinajstić information content (AvgIpc) is 2.25. The monoisotopic (exact) mass is 210 g/mol. The summed E-state index contributed by atoms with van der Waals surface area (Å²) in [4.78, 5) is 0. The summed E-state index contributed by atoms with van der Waals surface area (Å²) in [6.07, 6.45) is 0.885. The summed E-state index contributed by atoms with van der Waals surface area (Å²) in [6, 6.07) is 6.07. The molecule has 2 atom stereocenters. The summed E-state index contributed by atoms with van der Waals surface area (Å²) in [5.74, 6) is 0.411. The summed E-state index contributed by atoms with van der Waals surface area (Å²) in [7, 11) is 0. The van der Waals surface area contributed by atoms with Crippen LogP contribution in [0.15, 0.2) is 24.3 Å². The number of benzene rings is 1. The maximum absolute atomic E-state index is 12.6. The lowest BCUT2D eigenvalue weighted by molar-refractivity contribution is 0.144. The van der Waals surface area contributed by atoms with Crippen LogP contribution >= 0.6 is 0 Å². The third kappa shape index (κ3) is 2.67. The minimum atomic E-state index is -0.256. The van der Waals surface area contributed by atoms with E-state index in [1.165, 1.54) is 12.1 Å². The van der Waals surface area contributed by atoms with Gasteiger partial charge in [0.05, 0.1) is 0 Å². The molecule has 0 aliphatic carbocycles. The van der Waals surface area contributed by atoms with Crippen LogP contribution < -0.4 is 15.8 Å². The van der Waals surface area contributed by atoms with E-state index in [4.69, 9.17) is 10.5 Å². The van der Waals surface area contributed by atoms with Crippen molar-refractivity contribution in [2.24, 2.45) is 5.73 Å². The molecule has 0 spiro atoms. The normalized spacial score (nSPS) is 26.3. The van der Waals surface area contributed by atoms with Crippen molar-refractivity contribution in [1.82, 2.24) is 5.32 Å². The van der Waals surface area contributed by atoms with Gasteiger partial charge in [0.1, 0.15) is 17.7 Å². The molecule has 1 aromatic rings. The second kappa shape index (κ2) is 4.59. The predicted octanol–water partition coefficient (Wildman–Crippen LogP) is 0.894. The van der Waals surface area contributed by atoms with E-state index >= 15 is 0 Å². The molecule has 0 radical (unpaired) electrons. The molecule has 2 rings (SSSR count). The topological polar surface area (TPSA) is 47.3 Å². The van der Waals surface area contributed by atoms with E-state index in [9.17, 15) is 4.39 Å². The van der Waals surface area contributed by atoms with E-state index in [1.807, 2.05) is 0 Å². The quantitative estimate of drug-likeness (QED) is 0.762. The molecule has 3 nitrogen and oxygen atoms in total. The fraction of sp³-hybridized carbons (Fsp3) is 0.455. The van der Waals surface area contributed by atoms with Crippen LogP contribution in [-0.4, -0.2) is 25.2 Å². The van der Waals surface area contributed by atoms with Crippen LogP contribution in [0, 0.1) is 5.82 Å². The molecule has 1 aliphatic rings. The van der Waals surface area contributed by atoms with Crippen LogP contribution in [0.2, 0.25) is 0 Å². The summed E-state index contributed by atoms with van der Waals surface area (Å²) in [5, 5.41) is 3.22. The summed E-state index contributed by atoms with van der Waals surface area (Å²) >= 11 is 0. The van der Waals surface area contributed by atoms with Crippen LogP contribution in [-0.2, 0) is 0 Å². The second-order valence-corrected chi connectivity index (χ2v) is 3.77. The van der Waals surface area contributed by atoms with E-state index in [0.29, 0.717) is 5.75 Å². The Hall–Kier alpha value is -1.13. The highest BCUT2D eigenvalue weighted by molar-refractivity contribution is 5.22. The molecule has 82 valence electrons. The molecule has 0 aromatic heterocycles. The van der Waals surface area contributed by atoms with E-state index in [1.54, 1.807) is 12.1 Å². The lowest BCUT2D eigenvalue weighted by atomic mass is 10.0. The van der Waals surface area contributed by atoms with Gasteiger partial charge < -0.3 is 15.8 Å². The first-order chi connectivity index (χ1) is 7.25. The standard InChI is InChI=1S/C11H15FN2O/c12-8-1-3-9(4-2-8)15-11-7-14-6-5-10(11)13/h1-4,10-11,14H,5-7,13H2. The lowest BCUT2D eigenvalue weighted by Crippen LogP contribution is -2.51. The Kier molecular flexibility index (Phi) is 3.18. The van der Waals surface area contributed by atoms with Crippen LogP contribution in [0.4, 0.5) is 4.39 Å². The fourth-order valence-corrected chi connectivity index (χ4v) is 1.67. The van der Waals surface area contributed by atoms with Crippen molar-refractivity contribution in [2.75, 3.05) is 13.1 Å². The van der Waals surface area contributed by atoms with Gasteiger partial charge in [-0.2, -0.15) is 0 Å². The first-order valence-electron chi connectivity index (χ1n) is 5.14. The number of nitrogens with one attached hydrogen (secondary N) is 1. The molecular weight excluding hydrogens is 195 g/mol. The van der Waals surface area contributed by atoms with Gasteiger partial charge in [0.25, 0.3) is 0 Å². The van der Waals surface area contributed by atoms with Gasteiger partial charge >= 0.3 is 0 Å². The van der Waals surface area contributed by atoms with E-state index < -0.39 is 0 Å². The largest absolute Gasteiger partial charge is 0.487 e. The Morgan fingerprint density at radius 3 is 2.73 bits per heavy atom. The molecule has 1 aliphatic heterocycles. The minimum Gasteiger partial charge on any atom is -0.487 e. The van der Waals surface area contributed by atoms with Crippen LogP contribution in [0.25, 0.3) is 0 Å². The van der Waals surface area contributed by atoms with Gasteiger partial charge in [0.2, 0.25) is 0 Å². The number of piperidine rings is 1. The van der Waals surface area contributed by atoms with Gasteiger partial charge in [-0.25, -0.2) is 4.39 Å². The zero-order valence-electron chi connectivity index (χ0n) is 8.45. The van der Waals surface area contributed by atoms with E-state index in [-0.39, 0.29) is 18.0 Å². The summed E-state index contributed by atoms with van der Waals surface area (Å²) < 4.78 is 18.3. The Balaban J connectivity index is 1.98. The van der Waals surface area contributed by atoms with Crippen molar-refractivity contribution >= 4 is 0 Å². The molecule has 1 saturated heterocycles. The third-order valence-corrected chi connectivity index (χ3v) is 2.58. The summed E-state index contributed by atoms with van der Waals surface area (Å²) in [5.41, 5.74) is 5.92. The average molecular weight is 210 g/mol. The number of hydrogen-bond acceptors (Lipinski definition) is 3. The second-order valence-electron chi connectivity index (χ2n) is 3.77. The fourth-order valence-electron chi connectivity index (χ4n) is 1.67. The molecule has 0 saturated carbocycles. The maximum Gasteiger partial charge on any atom is 0.126 e. The van der Waals surface area contributed by atoms with Crippen molar-refractivity contribution in [1.29, 1.82) is 0 Å². The first kappa shape index (κ1) is 10.4. The highest BCUT2D eigenvalue weighted by atomic mass is 19.1. The van der Waals surface area contributed by atoms with Gasteiger partial charge in [-0.15, -0.1) is 0 Å². The van der Waals surface area contributed by atoms with Gasteiger partial charge in [-0.05, 0) is 37.2 Å². The molecule has 3 N–H and O–H groups in total. The Labute approximate surface area is 88.4 Å². The molecule has 0 bridgehead atoms. The van der Waals surface area contributed by atoms with Crippen molar-refractivity contribution < 1.29 is 9.13 Å². The molecule has 4 heteroatoms. The van der Waals surface area contributed by atoms with Crippen molar-refractivity contribution in [3.63, 3.8) is 0 Å². The summed E-state index contributed by atoms with van der Waals surface area (Å²) in [6.45, 7) is 1.68. The van der Waals surface area contributed by atoms with Crippen molar-refractivity contribution in [3.8, 4) is 5.75 Å². The molecule has 1 aromatic carbocycles. The zero-order valence-corrected chi connectivity index (χ0v) is 8.45.